The highest BCUT2D eigenvalue weighted by atomic mass is 19.4. The lowest BCUT2D eigenvalue weighted by Gasteiger charge is -2.23. The molecule has 1 saturated carbocycles. The molecule has 0 atom stereocenters. The van der Waals surface area contributed by atoms with Gasteiger partial charge in [0.25, 0.3) is 5.91 Å². The number of imidazole rings is 1. The molecule has 0 aliphatic heterocycles. The van der Waals surface area contributed by atoms with Gasteiger partial charge in [-0.05, 0) is 54.7 Å². The lowest BCUT2D eigenvalue weighted by atomic mass is 10.1. The van der Waals surface area contributed by atoms with Crippen LogP contribution in [0, 0.1) is 11.7 Å². The monoisotopic (exact) mass is 431 g/mol. The molecule has 162 valence electrons. The van der Waals surface area contributed by atoms with Gasteiger partial charge in [0.1, 0.15) is 11.6 Å². The van der Waals surface area contributed by atoms with Gasteiger partial charge in [-0.1, -0.05) is 18.2 Å². The molecule has 0 bridgehead atoms. The number of alkyl halides is 3. The number of carbonyl (C=O) groups excluding carboxylic acids is 1. The van der Waals surface area contributed by atoms with Crippen LogP contribution in [0.3, 0.4) is 0 Å². The molecule has 1 aromatic heterocycles. The Bertz CT molecular complexity index is 1060. The van der Waals surface area contributed by atoms with E-state index in [0.717, 1.165) is 18.9 Å². The third-order valence-electron chi connectivity index (χ3n) is 5.35. The minimum atomic E-state index is -4.45. The second kappa shape index (κ2) is 8.53. The van der Waals surface area contributed by atoms with E-state index in [-0.39, 0.29) is 24.6 Å². The Morgan fingerprint density at radius 3 is 2.48 bits per heavy atom. The highest BCUT2D eigenvalue weighted by molar-refractivity contribution is 5.94. The van der Waals surface area contributed by atoms with Crippen molar-refractivity contribution in [3.05, 3.63) is 89.3 Å². The number of rotatable bonds is 7. The van der Waals surface area contributed by atoms with Crippen LogP contribution in [0.15, 0.2) is 60.9 Å². The summed E-state index contributed by atoms with van der Waals surface area (Å²) in [4.78, 5) is 18.9. The predicted octanol–water partition coefficient (Wildman–Crippen LogP) is 5.14. The summed E-state index contributed by atoms with van der Waals surface area (Å²) in [7, 11) is 0. The van der Waals surface area contributed by atoms with Crippen LogP contribution in [0.5, 0.6) is 0 Å². The minimum Gasteiger partial charge on any atom is -0.331 e. The first-order valence-corrected chi connectivity index (χ1v) is 10.0. The van der Waals surface area contributed by atoms with E-state index in [2.05, 4.69) is 4.98 Å². The Hall–Kier alpha value is -3.16. The molecule has 0 saturated heterocycles. The summed E-state index contributed by atoms with van der Waals surface area (Å²) < 4.78 is 54.9. The van der Waals surface area contributed by atoms with E-state index in [1.807, 2.05) is 0 Å². The van der Waals surface area contributed by atoms with Crippen molar-refractivity contribution >= 4 is 5.91 Å². The maximum Gasteiger partial charge on any atom is 0.416 e. The number of hydrogen-bond acceptors (Lipinski definition) is 2. The molecule has 1 heterocycles. The van der Waals surface area contributed by atoms with Gasteiger partial charge in [-0.2, -0.15) is 13.2 Å². The van der Waals surface area contributed by atoms with Crippen LogP contribution in [0.4, 0.5) is 17.6 Å². The first-order valence-electron chi connectivity index (χ1n) is 10.0. The fraction of sp³-hybridized carbons (Fsp3) is 0.304. The summed E-state index contributed by atoms with van der Waals surface area (Å²) >= 11 is 0. The second-order valence-corrected chi connectivity index (χ2v) is 7.76. The summed E-state index contributed by atoms with van der Waals surface area (Å²) in [5, 5.41) is 0. The number of aromatic nitrogens is 2. The Morgan fingerprint density at radius 2 is 1.81 bits per heavy atom. The molecular weight excluding hydrogens is 410 g/mol. The van der Waals surface area contributed by atoms with E-state index in [4.69, 9.17) is 0 Å². The standard InChI is InChI=1S/C23H21F4N3O/c24-19-9-7-17(8-10-19)22(31)30(13-16-5-6-16)15-21-28-11-12-29(21)14-18-3-1-2-4-20(18)23(25,26)27/h1-4,7-12,16H,5-6,13-15H2. The van der Waals surface area contributed by atoms with Crippen LogP contribution in [0.25, 0.3) is 0 Å². The van der Waals surface area contributed by atoms with Crippen molar-refractivity contribution in [2.24, 2.45) is 5.92 Å². The summed E-state index contributed by atoms with van der Waals surface area (Å²) in [5.41, 5.74) is -0.192. The van der Waals surface area contributed by atoms with Crippen molar-refractivity contribution in [3.63, 3.8) is 0 Å². The zero-order chi connectivity index (χ0) is 22.0. The Morgan fingerprint density at radius 1 is 1.10 bits per heavy atom. The molecule has 0 radical (unpaired) electrons. The Kier molecular flexibility index (Phi) is 5.80. The van der Waals surface area contributed by atoms with Gasteiger partial charge in [0, 0.05) is 31.0 Å². The van der Waals surface area contributed by atoms with Crippen LogP contribution in [0.1, 0.15) is 40.2 Å². The van der Waals surface area contributed by atoms with Crippen molar-refractivity contribution in [1.29, 1.82) is 0 Å². The smallest absolute Gasteiger partial charge is 0.331 e. The van der Waals surface area contributed by atoms with Gasteiger partial charge in [-0.3, -0.25) is 4.79 Å². The molecule has 31 heavy (non-hydrogen) atoms. The van der Waals surface area contributed by atoms with Gasteiger partial charge in [0.15, 0.2) is 0 Å². The zero-order valence-corrected chi connectivity index (χ0v) is 16.6. The molecule has 4 rings (SSSR count). The number of amides is 1. The van der Waals surface area contributed by atoms with Gasteiger partial charge in [-0.25, -0.2) is 9.37 Å². The first-order chi connectivity index (χ1) is 14.8. The fourth-order valence-corrected chi connectivity index (χ4v) is 3.53. The molecule has 8 heteroatoms. The lowest BCUT2D eigenvalue weighted by Crippen LogP contribution is -2.33. The van der Waals surface area contributed by atoms with Crippen LogP contribution in [0.2, 0.25) is 0 Å². The van der Waals surface area contributed by atoms with Gasteiger partial charge in [0.2, 0.25) is 0 Å². The van der Waals surface area contributed by atoms with Crippen LogP contribution in [-0.4, -0.2) is 26.9 Å². The van der Waals surface area contributed by atoms with E-state index in [0.29, 0.717) is 23.9 Å². The second-order valence-electron chi connectivity index (χ2n) is 7.76. The van der Waals surface area contributed by atoms with Gasteiger partial charge in [0.05, 0.1) is 12.1 Å². The SMILES string of the molecule is O=C(c1ccc(F)cc1)N(Cc1nccn1Cc1ccccc1C(F)(F)F)CC1CC1. The maximum atomic E-state index is 13.4. The van der Waals surface area contributed by atoms with E-state index < -0.39 is 17.6 Å². The number of halogens is 4. The fourth-order valence-electron chi connectivity index (χ4n) is 3.53. The molecule has 0 unspecified atom stereocenters. The summed E-state index contributed by atoms with van der Waals surface area (Å²) in [6, 6.07) is 10.8. The molecule has 1 amide bonds. The van der Waals surface area contributed by atoms with Crippen LogP contribution >= 0.6 is 0 Å². The van der Waals surface area contributed by atoms with Gasteiger partial charge in [-0.15, -0.1) is 0 Å². The van der Waals surface area contributed by atoms with E-state index in [1.165, 1.54) is 42.6 Å². The number of benzene rings is 2. The summed E-state index contributed by atoms with van der Waals surface area (Å²) in [6.07, 6.45) is 0.735. The van der Waals surface area contributed by atoms with Crippen molar-refractivity contribution < 1.29 is 22.4 Å². The van der Waals surface area contributed by atoms with Crippen molar-refractivity contribution in [2.75, 3.05) is 6.54 Å². The molecule has 0 N–H and O–H groups in total. The molecule has 4 nitrogen and oxygen atoms in total. The molecule has 2 aromatic carbocycles. The topological polar surface area (TPSA) is 38.1 Å². The molecule has 1 fully saturated rings. The van der Waals surface area contributed by atoms with Crippen LogP contribution in [-0.2, 0) is 19.3 Å². The normalized spacial score (nSPS) is 13.9. The zero-order valence-electron chi connectivity index (χ0n) is 16.6. The molecule has 1 aliphatic carbocycles. The van der Waals surface area contributed by atoms with Crippen molar-refractivity contribution in [1.82, 2.24) is 14.5 Å². The molecular formula is C23H21F4N3O. The molecule has 3 aromatic rings. The summed E-state index contributed by atoms with van der Waals surface area (Å²) in [5.74, 6) is 0.216. The largest absolute Gasteiger partial charge is 0.416 e. The maximum absolute atomic E-state index is 13.4. The van der Waals surface area contributed by atoms with E-state index in [1.54, 1.807) is 21.7 Å². The minimum absolute atomic E-state index is 0.00692. The predicted molar refractivity (Wildman–Crippen MR) is 107 cm³/mol. The van der Waals surface area contributed by atoms with Gasteiger partial charge >= 0.3 is 6.18 Å². The van der Waals surface area contributed by atoms with Crippen molar-refractivity contribution in [2.45, 2.75) is 32.1 Å². The quantitative estimate of drug-likeness (QED) is 0.486. The van der Waals surface area contributed by atoms with E-state index >= 15 is 0 Å². The molecule has 0 spiro atoms. The number of nitrogens with zero attached hydrogens (tertiary/aromatic N) is 3. The summed E-state index contributed by atoms with van der Waals surface area (Å²) in [6.45, 7) is 0.684. The lowest BCUT2D eigenvalue weighted by molar-refractivity contribution is -0.138. The third-order valence-corrected chi connectivity index (χ3v) is 5.35. The highest BCUT2D eigenvalue weighted by Crippen LogP contribution is 2.33. The van der Waals surface area contributed by atoms with Crippen molar-refractivity contribution in [3.8, 4) is 0 Å². The highest BCUT2D eigenvalue weighted by Gasteiger charge is 2.33. The average Bonchev–Trinajstić information content (AvgIpc) is 3.45. The average molecular weight is 431 g/mol. The number of carbonyl (C=O) groups is 1. The van der Waals surface area contributed by atoms with Gasteiger partial charge < -0.3 is 9.47 Å². The number of hydrogen-bond donors (Lipinski definition) is 0. The molecule has 1 aliphatic rings. The third kappa shape index (κ3) is 5.13. The first kappa shape index (κ1) is 21.1. The Labute approximate surface area is 177 Å². The Balaban J connectivity index is 1.57. The van der Waals surface area contributed by atoms with E-state index in [9.17, 15) is 22.4 Å². The van der Waals surface area contributed by atoms with Crippen LogP contribution < -0.4 is 0 Å².